The summed E-state index contributed by atoms with van der Waals surface area (Å²) >= 11 is 1.27. The zero-order chi connectivity index (χ0) is 18.0. The van der Waals surface area contributed by atoms with E-state index >= 15 is 0 Å². The Bertz CT molecular complexity index is 897. The fraction of sp³-hybridized carbons (Fsp3) is 0. The number of thioether (sulfide) groups is 1. The molecule has 1 amide bonds. The van der Waals surface area contributed by atoms with Crippen molar-refractivity contribution in [1.29, 1.82) is 0 Å². The lowest BCUT2D eigenvalue weighted by atomic mass is 10.2. The summed E-state index contributed by atoms with van der Waals surface area (Å²) in [5.41, 5.74) is 2.17. The lowest BCUT2D eigenvalue weighted by molar-refractivity contribution is -0.115. The molecular formula is C21H17N3OS. The van der Waals surface area contributed by atoms with Crippen molar-refractivity contribution < 1.29 is 4.79 Å². The molecule has 0 saturated carbocycles. The van der Waals surface area contributed by atoms with E-state index in [9.17, 15) is 4.79 Å². The van der Waals surface area contributed by atoms with Crippen molar-refractivity contribution in [3.63, 3.8) is 0 Å². The van der Waals surface area contributed by atoms with Gasteiger partial charge in [-0.3, -0.25) is 10.1 Å². The number of benzene rings is 2. The number of carbonyl (C=O) groups is 1. The van der Waals surface area contributed by atoms with E-state index in [4.69, 9.17) is 0 Å². The van der Waals surface area contributed by atoms with Crippen LogP contribution in [0.4, 0.5) is 0 Å². The predicted octanol–water partition coefficient (Wildman–Crippen LogP) is 4.50. The van der Waals surface area contributed by atoms with Gasteiger partial charge in [0, 0.05) is 6.21 Å². The van der Waals surface area contributed by atoms with Gasteiger partial charge in [0.1, 0.15) is 0 Å². The highest BCUT2D eigenvalue weighted by Gasteiger charge is 2.22. The van der Waals surface area contributed by atoms with Crippen molar-refractivity contribution in [2.45, 2.75) is 0 Å². The summed E-state index contributed by atoms with van der Waals surface area (Å²) in [6.07, 6.45) is 10.9. The molecule has 0 radical (unpaired) electrons. The summed E-state index contributed by atoms with van der Waals surface area (Å²) in [5, 5.41) is 11.1. The number of rotatable bonds is 5. The maximum Gasteiger partial charge on any atom is 0.264 e. The first-order chi connectivity index (χ1) is 12.8. The highest BCUT2D eigenvalue weighted by molar-refractivity contribution is 8.18. The highest BCUT2D eigenvalue weighted by atomic mass is 32.2. The molecule has 0 unspecified atom stereocenters. The standard InChI is InChI=1S/C21H17N3OS/c25-20-19(15-7-13-17-9-3-1-4-10-17)26-21(23-20)24-22-16-8-14-18-11-5-2-6-12-18/h1-16H,(H,23,24,25)/b13-7+,14-8+,19-15-,22-16-. The van der Waals surface area contributed by atoms with Crippen LogP contribution in [0.1, 0.15) is 11.1 Å². The number of nitrogens with zero attached hydrogens (tertiary/aromatic N) is 2. The lowest BCUT2D eigenvalue weighted by Crippen LogP contribution is -2.19. The maximum atomic E-state index is 11.9. The maximum absolute atomic E-state index is 11.9. The van der Waals surface area contributed by atoms with E-state index in [2.05, 4.69) is 15.5 Å². The van der Waals surface area contributed by atoms with Crippen LogP contribution in [0.15, 0.2) is 94.0 Å². The van der Waals surface area contributed by atoms with E-state index in [0.717, 1.165) is 11.1 Å². The minimum absolute atomic E-state index is 0.165. The van der Waals surface area contributed by atoms with Crippen molar-refractivity contribution in [1.82, 2.24) is 5.32 Å². The minimum atomic E-state index is -0.165. The normalized spacial score (nSPS) is 17.9. The molecule has 2 aromatic rings. The number of amides is 1. The Kier molecular flexibility index (Phi) is 6.34. The average Bonchev–Trinajstić information content (AvgIpc) is 3.03. The summed E-state index contributed by atoms with van der Waals surface area (Å²) in [4.78, 5) is 12.5. The lowest BCUT2D eigenvalue weighted by Gasteiger charge is -1.89. The van der Waals surface area contributed by atoms with Crippen LogP contribution >= 0.6 is 11.8 Å². The SMILES string of the molecule is O=C1N/C(=N/N=C\C=C\c2ccccc2)S/C1=C\C=C\c1ccccc1. The van der Waals surface area contributed by atoms with Gasteiger partial charge in [-0.05, 0) is 35.0 Å². The molecule has 1 aliphatic rings. The van der Waals surface area contributed by atoms with Crippen LogP contribution in [-0.2, 0) is 4.79 Å². The summed E-state index contributed by atoms with van der Waals surface area (Å²) in [5.74, 6) is -0.165. The van der Waals surface area contributed by atoms with Crippen LogP contribution < -0.4 is 5.32 Å². The number of nitrogens with one attached hydrogen (secondary N) is 1. The van der Waals surface area contributed by atoms with E-state index < -0.39 is 0 Å². The monoisotopic (exact) mass is 359 g/mol. The fourth-order valence-corrected chi connectivity index (χ4v) is 2.87. The Hall–Kier alpha value is -3.18. The van der Waals surface area contributed by atoms with E-state index in [-0.39, 0.29) is 5.91 Å². The van der Waals surface area contributed by atoms with Crippen molar-refractivity contribution in [2.75, 3.05) is 0 Å². The molecule has 2 aromatic carbocycles. The first kappa shape index (κ1) is 17.6. The number of amidine groups is 1. The Labute approximate surface area is 156 Å². The molecular weight excluding hydrogens is 342 g/mol. The van der Waals surface area contributed by atoms with Gasteiger partial charge >= 0.3 is 0 Å². The molecule has 1 N–H and O–H groups in total. The van der Waals surface area contributed by atoms with Gasteiger partial charge in [0.2, 0.25) is 0 Å². The highest BCUT2D eigenvalue weighted by Crippen LogP contribution is 2.23. The van der Waals surface area contributed by atoms with Crippen LogP contribution in [0.2, 0.25) is 0 Å². The number of hydrogen-bond donors (Lipinski definition) is 1. The predicted molar refractivity (Wildman–Crippen MR) is 111 cm³/mol. The largest absolute Gasteiger partial charge is 0.299 e. The van der Waals surface area contributed by atoms with Gasteiger partial charge in [0.25, 0.3) is 5.91 Å². The van der Waals surface area contributed by atoms with Crippen LogP contribution in [0, 0.1) is 0 Å². The molecule has 1 fully saturated rings. The molecule has 1 heterocycles. The van der Waals surface area contributed by atoms with Gasteiger partial charge in [-0.15, -0.1) is 5.10 Å². The second-order valence-electron chi connectivity index (χ2n) is 5.30. The molecule has 3 rings (SSSR count). The second-order valence-corrected chi connectivity index (χ2v) is 6.33. The molecule has 4 nitrogen and oxygen atoms in total. The summed E-state index contributed by atoms with van der Waals surface area (Å²) in [6, 6.07) is 19.8. The second kappa shape index (κ2) is 9.34. The van der Waals surface area contributed by atoms with Gasteiger partial charge in [-0.25, -0.2) is 0 Å². The summed E-state index contributed by atoms with van der Waals surface area (Å²) in [7, 11) is 0. The molecule has 0 bridgehead atoms. The quantitative estimate of drug-likeness (QED) is 0.485. The molecule has 1 aliphatic heterocycles. The Balaban J connectivity index is 1.56. The zero-order valence-electron chi connectivity index (χ0n) is 13.9. The summed E-state index contributed by atoms with van der Waals surface area (Å²) in [6.45, 7) is 0. The molecule has 0 aromatic heterocycles. The van der Waals surface area contributed by atoms with E-state index in [1.165, 1.54) is 11.8 Å². The first-order valence-electron chi connectivity index (χ1n) is 8.06. The van der Waals surface area contributed by atoms with E-state index in [1.54, 1.807) is 18.4 Å². The van der Waals surface area contributed by atoms with Crippen LogP contribution in [-0.4, -0.2) is 17.3 Å². The molecule has 5 heteroatoms. The van der Waals surface area contributed by atoms with Crippen molar-refractivity contribution in [3.8, 4) is 0 Å². The van der Waals surface area contributed by atoms with Gasteiger partial charge in [-0.2, -0.15) is 5.10 Å². The van der Waals surface area contributed by atoms with Gasteiger partial charge in [-0.1, -0.05) is 78.9 Å². The third kappa shape index (κ3) is 5.43. The van der Waals surface area contributed by atoms with Crippen molar-refractivity contribution >= 4 is 41.2 Å². The molecule has 128 valence electrons. The zero-order valence-corrected chi connectivity index (χ0v) is 14.8. The van der Waals surface area contributed by atoms with Gasteiger partial charge in [0.15, 0.2) is 5.17 Å². The van der Waals surface area contributed by atoms with Gasteiger partial charge in [0.05, 0.1) is 4.91 Å². The van der Waals surface area contributed by atoms with Crippen LogP contribution in [0.3, 0.4) is 0 Å². The Morgan fingerprint density at radius 3 is 2.12 bits per heavy atom. The molecule has 26 heavy (non-hydrogen) atoms. The molecule has 0 atom stereocenters. The van der Waals surface area contributed by atoms with E-state index in [0.29, 0.717) is 10.1 Å². The fourth-order valence-electron chi connectivity index (χ4n) is 2.14. The van der Waals surface area contributed by atoms with Crippen molar-refractivity contribution in [2.24, 2.45) is 10.2 Å². The van der Waals surface area contributed by atoms with Gasteiger partial charge < -0.3 is 0 Å². The smallest absolute Gasteiger partial charge is 0.264 e. The number of allylic oxidation sites excluding steroid dienone is 3. The number of hydrogen-bond acceptors (Lipinski definition) is 4. The Morgan fingerprint density at radius 2 is 1.46 bits per heavy atom. The third-order valence-corrected chi connectivity index (χ3v) is 4.29. The topological polar surface area (TPSA) is 53.8 Å². The summed E-state index contributed by atoms with van der Waals surface area (Å²) < 4.78 is 0. The minimum Gasteiger partial charge on any atom is -0.299 e. The third-order valence-electron chi connectivity index (χ3n) is 3.38. The molecule has 1 saturated heterocycles. The Morgan fingerprint density at radius 1 is 0.846 bits per heavy atom. The van der Waals surface area contributed by atoms with Crippen molar-refractivity contribution in [3.05, 3.63) is 94.9 Å². The number of carbonyl (C=O) groups excluding carboxylic acids is 1. The van der Waals surface area contributed by atoms with Crippen LogP contribution in [0.5, 0.6) is 0 Å². The van der Waals surface area contributed by atoms with E-state index in [1.807, 2.05) is 78.9 Å². The van der Waals surface area contributed by atoms with Crippen LogP contribution in [0.25, 0.3) is 12.2 Å². The first-order valence-corrected chi connectivity index (χ1v) is 8.88. The molecule has 0 aliphatic carbocycles. The average molecular weight is 359 g/mol. The molecule has 0 spiro atoms.